The number of para-hydroxylation sites is 1. The molecule has 2 N–H and O–H groups in total. The molecule has 1 heterocycles. The molecule has 0 unspecified atom stereocenters. The number of nitrogens with one attached hydrogen (secondary N) is 2. The number of hydrogen-bond acceptors (Lipinski definition) is 5. The molecule has 132 valence electrons. The van der Waals surface area contributed by atoms with E-state index in [9.17, 15) is 19.7 Å². The predicted octanol–water partition coefficient (Wildman–Crippen LogP) is 2.71. The van der Waals surface area contributed by atoms with Crippen molar-refractivity contribution in [2.24, 2.45) is 0 Å². The molecule has 0 aliphatic rings. The van der Waals surface area contributed by atoms with E-state index in [-0.39, 0.29) is 30.0 Å². The van der Waals surface area contributed by atoms with Gasteiger partial charge < -0.3 is 10.3 Å². The fourth-order valence-corrected chi connectivity index (χ4v) is 2.65. The smallest absolute Gasteiger partial charge is 0.274 e. The van der Waals surface area contributed by atoms with Gasteiger partial charge in [-0.1, -0.05) is 18.2 Å². The zero-order valence-corrected chi connectivity index (χ0v) is 14.0. The largest absolute Gasteiger partial charge is 0.326 e. The molecular formula is C18H16N4O4. The van der Waals surface area contributed by atoms with Gasteiger partial charge in [0.05, 0.1) is 27.1 Å². The van der Waals surface area contributed by atoms with Gasteiger partial charge in [0, 0.05) is 18.9 Å². The van der Waals surface area contributed by atoms with Gasteiger partial charge in [0.2, 0.25) is 5.91 Å². The number of carbonyl (C=O) groups is 1. The average molecular weight is 352 g/mol. The lowest BCUT2D eigenvalue weighted by atomic mass is 10.1. The summed E-state index contributed by atoms with van der Waals surface area (Å²) in [7, 11) is 0. The van der Waals surface area contributed by atoms with Crippen molar-refractivity contribution in [2.45, 2.75) is 19.8 Å². The third-order valence-corrected chi connectivity index (χ3v) is 4.03. The molecule has 1 aromatic heterocycles. The number of benzene rings is 2. The molecule has 0 aliphatic heterocycles. The van der Waals surface area contributed by atoms with Gasteiger partial charge in [0.1, 0.15) is 5.82 Å². The number of rotatable bonds is 5. The molecule has 0 spiro atoms. The van der Waals surface area contributed by atoms with Crippen molar-refractivity contribution in [3.8, 4) is 0 Å². The second kappa shape index (κ2) is 7.14. The molecule has 3 aromatic rings. The van der Waals surface area contributed by atoms with E-state index in [1.807, 2.05) is 0 Å². The molecule has 0 aliphatic carbocycles. The number of hydrogen-bond donors (Lipinski definition) is 2. The van der Waals surface area contributed by atoms with Crippen LogP contribution in [0.15, 0.2) is 47.3 Å². The van der Waals surface area contributed by atoms with Crippen molar-refractivity contribution in [1.82, 2.24) is 9.97 Å². The summed E-state index contributed by atoms with van der Waals surface area (Å²) in [5.74, 6) is 0.101. The summed E-state index contributed by atoms with van der Waals surface area (Å²) in [6.45, 7) is 1.58. The highest BCUT2D eigenvalue weighted by molar-refractivity contribution is 5.92. The van der Waals surface area contributed by atoms with Gasteiger partial charge in [-0.15, -0.1) is 0 Å². The highest BCUT2D eigenvalue weighted by Crippen LogP contribution is 2.25. The van der Waals surface area contributed by atoms with E-state index in [1.165, 1.54) is 12.1 Å². The fraction of sp³-hybridized carbons (Fsp3) is 0.167. The number of amides is 1. The van der Waals surface area contributed by atoms with E-state index >= 15 is 0 Å². The topological polar surface area (TPSA) is 118 Å². The van der Waals surface area contributed by atoms with Crippen LogP contribution in [-0.4, -0.2) is 20.8 Å². The van der Waals surface area contributed by atoms with Crippen LogP contribution in [0.5, 0.6) is 0 Å². The Morgan fingerprint density at radius 1 is 1.23 bits per heavy atom. The van der Waals surface area contributed by atoms with Crippen molar-refractivity contribution in [1.29, 1.82) is 0 Å². The minimum atomic E-state index is -0.491. The minimum absolute atomic E-state index is 0.0525. The second-order valence-electron chi connectivity index (χ2n) is 5.78. The minimum Gasteiger partial charge on any atom is -0.326 e. The normalized spacial score (nSPS) is 10.7. The molecule has 0 radical (unpaired) electrons. The number of nitrogens with zero attached hydrogens (tertiary/aromatic N) is 2. The summed E-state index contributed by atoms with van der Waals surface area (Å²) in [5.41, 5.74) is 1.05. The fourth-order valence-electron chi connectivity index (χ4n) is 2.65. The lowest BCUT2D eigenvalue weighted by Gasteiger charge is -2.08. The van der Waals surface area contributed by atoms with Gasteiger partial charge in [-0.05, 0) is 25.1 Å². The summed E-state index contributed by atoms with van der Waals surface area (Å²) < 4.78 is 0. The van der Waals surface area contributed by atoms with E-state index < -0.39 is 4.92 Å². The number of anilines is 1. The molecule has 0 saturated heterocycles. The maximum atomic E-state index is 12.2. The number of nitro benzene ring substituents is 1. The second-order valence-corrected chi connectivity index (χ2v) is 5.78. The third kappa shape index (κ3) is 3.59. The summed E-state index contributed by atoms with van der Waals surface area (Å²) >= 11 is 0. The van der Waals surface area contributed by atoms with Crippen LogP contribution >= 0.6 is 0 Å². The summed E-state index contributed by atoms with van der Waals surface area (Å²) in [5, 5.41) is 14.1. The molecule has 26 heavy (non-hydrogen) atoms. The van der Waals surface area contributed by atoms with Crippen LogP contribution in [0.1, 0.15) is 17.8 Å². The van der Waals surface area contributed by atoms with E-state index in [2.05, 4.69) is 15.3 Å². The monoisotopic (exact) mass is 352 g/mol. The summed E-state index contributed by atoms with van der Waals surface area (Å²) in [6, 6.07) is 11.5. The Bertz CT molecular complexity index is 1060. The highest BCUT2D eigenvalue weighted by Gasteiger charge is 2.15. The van der Waals surface area contributed by atoms with Gasteiger partial charge in [0.25, 0.3) is 11.2 Å². The van der Waals surface area contributed by atoms with Crippen molar-refractivity contribution in [2.75, 3.05) is 5.32 Å². The SMILES string of the molecule is Cc1c(NC(=O)CCc2nc3ccccc3c(=O)[nH]2)cccc1[N+](=O)[O-]. The maximum Gasteiger partial charge on any atom is 0.274 e. The summed E-state index contributed by atoms with van der Waals surface area (Å²) in [4.78, 5) is 41.7. The molecule has 8 heteroatoms. The van der Waals surface area contributed by atoms with E-state index in [0.29, 0.717) is 28.0 Å². The molecule has 0 atom stereocenters. The van der Waals surface area contributed by atoms with Crippen LogP contribution in [0, 0.1) is 17.0 Å². The van der Waals surface area contributed by atoms with Crippen LogP contribution in [0.25, 0.3) is 10.9 Å². The van der Waals surface area contributed by atoms with Gasteiger partial charge in [0.15, 0.2) is 0 Å². The zero-order chi connectivity index (χ0) is 18.7. The Hall–Kier alpha value is -3.55. The van der Waals surface area contributed by atoms with E-state index in [1.54, 1.807) is 37.3 Å². The molecule has 8 nitrogen and oxygen atoms in total. The van der Waals surface area contributed by atoms with Crippen molar-refractivity contribution >= 4 is 28.2 Å². The van der Waals surface area contributed by atoms with Crippen LogP contribution in [0.2, 0.25) is 0 Å². The van der Waals surface area contributed by atoms with Crippen LogP contribution in [-0.2, 0) is 11.2 Å². The van der Waals surface area contributed by atoms with Crippen molar-refractivity contribution < 1.29 is 9.72 Å². The molecule has 0 fully saturated rings. The first-order valence-electron chi connectivity index (χ1n) is 7.97. The quantitative estimate of drug-likeness (QED) is 0.541. The molecule has 0 bridgehead atoms. The number of nitro groups is 1. The molecule has 3 rings (SSSR count). The molecule has 0 saturated carbocycles. The highest BCUT2D eigenvalue weighted by atomic mass is 16.6. The van der Waals surface area contributed by atoms with Gasteiger partial charge in [-0.3, -0.25) is 19.7 Å². The molecule has 1 amide bonds. The van der Waals surface area contributed by atoms with Crippen LogP contribution in [0.3, 0.4) is 0 Å². The lowest BCUT2D eigenvalue weighted by molar-refractivity contribution is -0.385. The van der Waals surface area contributed by atoms with E-state index in [4.69, 9.17) is 0 Å². The van der Waals surface area contributed by atoms with Crippen molar-refractivity contribution in [3.63, 3.8) is 0 Å². The number of carbonyl (C=O) groups excluding carboxylic acids is 1. The number of aromatic amines is 1. The Labute approximate surface area is 148 Å². The molecule has 2 aromatic carbocycles. The molecular weight excluding hydrogens is 336 g/mol. The van der Waals surface area contributed by atoms with Gasteiger partial charge in [-0.25, -0.2) is 4.98 Å². The number of fused-ring (bicyclic) bond motifs is 1. The Balaban J connectivity index is 1.71. The third-order valence-electron chi connectivity index (χ3n) is 4.03. The lowest BCUT2D eigenvalue weighted by Crippen LogP contribution is -2.16. The van der Waals surface area contributed by atoms with Gasteiger partial charge in [-0.2, -0.15) is 0 Å². The van der Waals surface area contributed by atoms with Crippen LogP contribution < -0.4 is 10.9 Å². The van der Waals surface area contributed by atoms with E-state index in [0.717, 1.165) is 0 Å². The maximum absolute atomic E-state index is 12.2. The van der Waals surface area contributed by atoms with Gasteiger partial charge >= 0.3 is 0 Å². The zero-order valence-electron chi connectivity index (χ0n) is 14.0. The summed E-state index contributed by atoms with van der Waals surface area (Å²) in [6.07, 6.45) is 0.337. The first kappa shape index (κ1) is 17.3. The van der Waals surface area contributed by atoms with Crippen LogP contribution in [0.4, 0.5) is 11.4 Å². The predicted molar refractivity (Wildman–Crippen MR) is 97.1 cm³/mol. The van der Waals surface area contributed by atoms with Crippen molar-refractivity contribution in [3.05, 3.63) is 74.3 Å². The first-order valence-corrected chi connectivity index (χ1v) is 7.97. The Kier molecular flexibility index (Phi) is 4.74. The Morgan fingerprint density at radius 3 is 2.77 bits per heavy atom. The number of aryl methyl sites for hydroxylation is 1. The first-order chi connectivity index (χ1) is 12.5. The number of aromatic nitrogens is 2. The Morgan fingerprint density at radius 2 is 2.00 bits per heavy atom. The number of H-pyrrole nitrogens is 1. The standard InChI is InChI=1S/C18H16N4O4/c1-11-13(7-4-8-15(11)22(25)26)20-17(23)10-9-16-19-14-6-3-2-5-12(14)18(24)21-16/h2-8H,9-10H2,1H3,(H,20,23)(H,19,21,24). The average Bonchev–Trinajstić information content (AvgIpc) is 2.61.